The predicted molar refractivity (Wildman–Crippen MR) is 96.5 cm³/mol. The molecule has 0 aromatic carbocycles. The maximum absolute atomic E-state index is 5.59. The van der Waals surface area contributed by atoms with E-state index in [0.29, 0.717) is 5.92 Å². The molecular formula is C21H27N. The van der Waals surface area contributed by atoms with Gasteiger partial charge in [-0.05, 0) is 73.9 Å². The molecule has 0 amide bonds. The quantitative estimate of drug-likeness (QED) is 0.509. The molecule has 0 spiro atoms. The average Bonchev–Trinajstić information content (AvgIpc) is 2.79. The summed E-state index contributed by atoms with van der Waals surface area (Å²) in [5.74, 6) is 0.575. The number of hydrogen-bond donors (Lipinski definition) is 1. The lowest BCUT2D eigenvalue weighted by molar-refractivity contribution is 0.655. The first-order chi connectivity index (χ1) is 10.7. The Kier molecular flexibility index (Phi) is 6.45. The third-order valence-corrected chi connectivity index (χ3v) is 4.18. The van der Waals surface area contributed by atoms with Gasteiger partial charge in [-0.15, -0.1) is 5.73 Å². The van der Waals surface area contributed by atoms with Gasteiger partial charge in [-0.2, -0.15) is 0 Å². The fraction of sp³-hybridized carbons (Fsp3) is 0.381. The minimum Gasteiger partial charge on any atom is -0.330 e. The summed E-state index contributed by atoms with van der Waals surface area (Å²) in [4.78, 5) is 0. The largest absolute Gasteiger partial charge is 0.330 e. The van der Waals surface area contributed by atoms with Crippen molar-refractivity contribution in [3.8, 4) is 0 Å². The first kappa shape index (κ1) is 16.5. The van der Waals surface area contributed by atoms with Crippen LogP contribution in [0.4, 0.5) is 0 Å². The van der Waals surface area contributed by atoms with Gasteiger partial charge in [-0.3, -0.25) is 0 Å². The molecule has 2 aliphatic carbocycles. The van der Waals surface area contributed by atoms with Gasteiger partial charge in [0.15, 0.2) is 0 Å². The summed E-state index contributed by atoms with van der Waals surface area (Å²) >= 11 is 0. The normalized spacial score (nSPS) is 18.9. The zero-order chi connectivity index (χ0) is 15.8. The molecule has 1 heteroatoms. The van der Waals surface area contributed by atoms with Gasteiger partial charge in [0.05, 0.1) is 0 Å². The molecule has 2 rings (SSSR count). The third-order valence-electron chi connectivity index (χ3n) is 4.18. The summed E-state index contributed by atoms with van der Waals surface area (Å²) in [6, 6.07) is 0. The van der Waals surface area contributed by atoms with E-state index in [0.717, 1.165) is 32.2 Å². The third kappa shape index (κ3) is 4.59. The van der Waals surface area contributed by atoms with E-state index in [9.17, 15) is 0 Å². The maximum atomic E-state index is 5.59. The van der Waals surface area contributed by atoms with Crippen LogP contribution < -0.4 is 5.73 Å². The second-order valence-electron chi connectivity index (χ2n) is 6.10. The lowest BCUT2D eigenvalue weighted by Gasteiger charge is -2.10. The molecule has 0 saturated carbocycles. The SMILES string of the molecule is CC1=C(C2=C(CC/C=C\C(C)CCN)C=C=CC=C2)C=CC1. The van der Waals surface area contributed by atoms with Crippen molar-refractivity contribution in [2.45, 2.75) is 39.5 Å². The van der Waals surface area contributed by atoms with E-state index in [1.807, 2.05) is 6.08 Å². The molecule has 0 fully saturated rings. The van der Waals surface area contributed by atoms with Crippen molar-refractivity contribution in [3.63, 3.8) is 0 Å². The molecule has 2 N–H and O–H groups in total. The molecule has 0 radical (unpaired) electrons. The van der Waals surface area contributed by atoms with Crippen LogP contribution in [0, 0.1) is 5.92 Å². The smallest absolute Gasteiger partial charge is 0.00718 e. The lowest BCUT2D eigenvalue weighted by Crippen LogP contribution is -2.03. The van der Waals surface area contributed by atoms with Crippen molar-refractivity contribution in [2.24, 2.45) is 11.7 Å². The first-order valence-corrected chi connectivity index (χ1v) is 8.28. The Bertz CT molecular complexity index is 602. The van der Waals surface area contributed by atoms with Gasteiger partial charge in [0, 0.05) is 0 Å². The van der Waals surface area contributed by atoms with Crippen LogP contribution in [0.25, 0.3) is 0 Å². The van der Waals surface area contributed by atoms with Crippen molar-refractivity contribution in [1.29, 1.82) is 0 Å². The molecule has 0 aromatic heterocycles. The van der Waals surface area contributed by atoms with Crippen molar-refractivity contribution < 1.29 is 0 Å². The average molecular weight is 293 g/mol. The second-order valence-corrected chi connectivity index (χ2v) is 6.10. The summed E-state index contributed by atoms with van der Waals surface area (Å²) in [6.07, 6.45) is 21.8. The Morgan fingerprint density at radius 1 is 1.32 bits per heavy atom. The number of rotatable bonds is 7. The number of hydrogen-bond acceptors (Lipinski definition) is 1. The van der Waals surface area contributed by atoms with Crippen molar-refractivity contribution >= 4 is 0 Å². The molecule has 0 aromatic rings. The van der Waals surface area contributed by atoms with Gasteiger partial charge in [0.1, 0.15) is 0 Å². The van der Waals surface area contributed by atoms with Crippen LogP contribution in [0.2, 0.25) is 0 Å². The molecule has 116 valence electrons. The summed E-state index contributed by atoms with van der Waals surface area (Å²) in [5, 5.41) is 0. The molecular weight excluding hydrogens is 266 g/mol. The fourth-order valence-electron chi connectivity index (χ4n) is 2.85. The van der Waals surface area contributed by atoms with E-state index in [2.05, 4.69) is 62.1 Å². The second kappa shape index (κ2) is 8.58. The van der Waals surface area contributed by atoms with E-state index in [1.54, 1.807) is 0 Å². The highest BCUT2D eigenvalue weighted by molar-refractivity contribution is 5.57. The minimum atomic E-state index is 0.575. The summed E-state index contributed by atoms with van der Waals surface area (Å²) < 4.78 is 0. The number of allylic oxidation sites excluding steroid dienone is 11. The van der Waals surface area contributed by atoms with E-state index < -0.39 is 0 Å². The molecule has 0 saturated heterocycles. The van der Waals surface area contributed by atoms with Crippen molar-refractivity contribution in [3.05, 3.63) is 76.6 Å². The van der Waals surface area contributed by atoms with Gasteiger partial charge in [-0.1, -0.05) is 49.0 Å². The van der Waals surface area contributed by atoms with Crippen LogP contribution in [-0.4, -0.2) is 6.54 Å². The van der Waals surface area contributed by atoms with Gasteiger partial charge in [0.2, 0.25) is 0 Å². The standard InChI is InChI=1S/C21H27N/c1-17(15-16-22)9-6-7-12-19-11-4-3-5-13-21(19)20-14-8-10-18(20)2/h3,5-6,8-9,11,13-14,17H,7,10,12,15-16,22H2,1-2H3/b9-6-. The molecule has 1 nitrogen and oxygen atoms in total. The molecule has 22 heavy (non-hydrogen) atoms. The van der Waals surface area contributed by atoms with Gasteiger partial charge >= 0.3 is 0 Å². The Balaban J connectivity index is 2.09. The molecule has 2 aliphatic rings. The molecule has 0 bridgehead atoms. The van der Waals surface area contributed by atoms with E-state index >= 15 is 0 Å². The highest BCUT2D eigenvalue weighted by Gasteiger charge is 2.12. The Labute approximate surface area is 135 Å². The molecule has 1 unspecified atom stereocenters. The van der Waals surface area contributed by atoms with Crippen LogP contribution in [0.15, 0.2) is 76.6 Å². The predicted octanol–water partition coefficient (Wildman–Crippen LogP) is 5.16. The number of nitrogens with two attached hydrogens (primary N) is 1. The van der Waals surface area contributed by atoms with Crippen LogP contribution in [0.1, 0.15) is 39.5 Å². The van der Waals surface area contributed by atoms with Crippen LogP contribution in [-0.2, 0) is 0 Å². The zero-order valence-corrected chi connectivity index (χ0v) is 13.8. The fourth-order valence-corrected chi connectivity index (χ4v) is 2.85. The van der Waals surface area contributed by atoms with Gasteiger partial charge in [-0.25, -0.2) is 0 Å². The minimum absolute atomic E-state index is 0.575. The van der Waals surface area contributed by atoms with Crippen LogP contribution in [0.5, 0.6) is 0 Å². The highest BCUT2D eigenvalue weighted by atomic mass is 14.5. The zero-order valence-electron chi connectivity index (χ0n) is 13.8. The lowest BCUT2D eigenvalue weighted by atomic mass is 9.94. The molecule has 0 heterocycles. The van der Waals surface area contributed by atoms with Gasteiger partial charge < -0.3 is 5.73 Å². The Morgan fingerprint density at radius 2 is 2.18 bits per heavy atom. The van der Waals surface area contributed by atoms with E-state index in [1.165, 1.54) is 22.3 Å². The monoisotopic (exact) mass is 293 g/mol. The Hall–Kier alpha value is -1.82. The molecule has 1 atom stereocenters. The van der Waals surface area contributed by atoms with Gasteiger partial charge in [0.25, 0.3) is 0 Å². The van der Waals surface area contributed by atoms with Crippen molar-refractivity contribution in [1.82, 2.24) is 0 Å². The van der Waals surface area contributed by atoms with E-state index in [4.69, 9.17) is 5.73 Å². The highest BCUT2D eigenvalue weighted by Crippen LogP contribution is 2.30. The van der Waals surface area contributed by atoms with Crippen LogP contribution >= 0.6 is 0 Å². The summed E-state index contributed by atoms with van der Waals surface area (Å²) in [7, 11) is 0. The van der Waals surface area contributed by atoms with E-state index in [-0.39, 0.29) is 0 Å². The maximum Gasteiger partial charge on any atom is -0.00718 e. The summed E-state index contributed by atoms with van der Waals surface area (Å²) in [6.45, 7) is 5.21. The van der Waals surface area contributed by atoms with Crippen molar-refractivity contribution in [2.75, 3.05) is 6.54 Å². The van der Waals surface area contributed by atoms with Crippen LogP contribution in [0.3, 0.4) is 0 Å². The topological polar surface area (TPSA) is 26.0 Å². The summed E-state index contributed by atoms with van der Waals surface area (Å²) in [5.41, 5.74) is 14.4. The first-order valence-electron chi connectivity index (χ1n) is 8.28. The Morgan fingerprint density at radius 3 is 2.91 bits per heavy atom. The molecule has 0 aliphatic heterocycles.